The summed E-state index contributed by atoms with van der Waals surface area (Å²) in [6.45, 7) is 4.43. The molecule has 104 valence electrons. The monoisotopic (exact) mass is 464 g/mol. The van der Waals surface area contributed by atoms with Crippen LogP contribution >= 0.6 is 17.2 Å². The fraction of sp³-hybridized carbons (Fsp3) is 0.500. The molecule has 0 aliphatic heterocycles. The van der Waals surface area contributed by atoms with E-state index in [-0.39, 0.29) is 6.34 Å². The zero-order chi connectivity index (χ0) is 14.0. The maximum atomic E-state index is 7.20. The van der Waals surface area contributed by atoms with Crippen LogP contribution in [0.5, 0.6) is 0 Å². The fourth-order valence-corrected chi connectivity index (χ4v) is 22.1. The Balaban J connectivity index is 2.44. The Morgan fingerprint density at radius 1 is 0.737 bits per heavy atom. The number of rotatable bonds is 6. The summed E-state index contributed by atoms with van der Waals surface area (Å²) in [5, 5.41) is 0. The first-order chi connectivity index (χ1) is 9.04. The van der Waals surface area contributed by atoms with Crippen molar-refractivity contribution >= 4 is 17.2 Å². The minimum absolute atomic E-state index is 0.0426. The van der Waals surface area contributed by atoms with Gasteiger partial charge in [0.2, 0.25) is 0 Å². The third-order valence-electron chi connectivity index (χ3n) is 4.29. The Morgan fingerprint density at radius 2 is 1.05 bits per heavy atom. The van der Waals surface area contributed by atoms with E-state index in [4.69, 9.17) is 17.2 Å². The van der Waals surface area contributed by atoms with E-state index in [9.17, 15) is 0 Å². The third-order valence-corrected chi connectivity index (χ3v) is 28.4. The van der Waals surface area contributed by atoms with Crippen LogP contribution in [0, 0.1) is 0 Å². The number of allylic oxidation sites excluding steroid dienone is 8. The molecule has 0 unspecified atom stereocenters. The molecule has 0 N–H and O–H groups in total. The summed E-state index contributed by atoms with van der Waals surface area (Å²) in [5.74, 6) is 0. The molecular formula is C16H22Cl2Hf. The van der Waals surface area contributed by atoms with Crippen LogP contribution in [0.2, 0.25) is 6.34 Å². The molecule has 19 heavy (non-hydrogen) atoms. The first-order valence-electron chi connectivity index (χ1n) is 7.15. The third kappa shape index (κ3) is 2.51. The number of hydrogen-bond acceptors (Lipinski definition) is 0. The summed E-state index contributed by atoms with van der Waals surface area (Å²) in [7, 11) is 14.4. The molecule has 0 amide bonds. The molecule has 0 nitrogen and oxygen atoms in total. The van der Waals surface area contributed by atoms with Gasteiger partial charge in [-0.15, -0.1) is 0 Å². The van der Waals surface area contributed by atoms with Crippen molar-refractivity contribution < 1.29 is 17.6 Å². The average Bonchev–Trinajstić information content (AvgIpc) is 3.00. The predicted molar refractivity (Wildman–Crippen MR) is 83.5 cm³/mol. The van der Waals surface area contributed by atoms with Crippen LogP contribution < -0.4 is 0 Å². The maximum absolute atomic E-state index is 7.20. The Hall–Kier alpha value is 0.410. The SMILES string of the molecule is CCC[C]1([Hf]([Cl])([Cl])[C]2(CCC)C=CC=C2)C=CC=C1. The molecule has 0 bridgehead atoms. The van der Waals surface area contributed by atoms with E-state index in [1.54, 1.807) is 0 Å². The minimum atomic E-state index is -3.62. The second-order valence-electron chi connectivity index (χ2n) is 5.59. The van der Waals surface area contributed by atoms with Gasteiger partial charge in [0.05, 0.1) is 0 Å². The molecular weight excluding hydrogens is 442 g/mol. The Morgan fingerprint density at radius 3 is 1.32 bits per heavy atom. The fourth-order valence-electron chi connectivity index (χ4n) is 3.35. The van der Waals surface area contributed by atoms with Gasteiger partial charge in [0.25, 0.3) is 0 Å². The van der Waals surface area contributed by atoms with Crippen molar-refractivity contribution in [1.29, 1.82) is 0 Å². The van der Waals surface area contributed by atoms with E-state index in [1.807, 2.05) is 0 Å². The molecule has 0 atom stereocenters. The van der Waals surface area contributed by atoms with Crippen LogP contribution in [-0.4, -0.2) is 0 Å². The Kier molecular flexibility index (Phi) is 5.02. The average molecular weight is 464 g/mol. The molecule has 0 saturated carbocycles. The van der Waals surface area contributed by atoms with Gasteiger partial charge in [-0.2, -0.15) is 0 Å². The molecule has 0 saturated heterocycles. The van der Waals surface area contributed by atoms with Crippen molar-refractivity contribution in [3.63, 3.8) is 0 Å². The Labute approximate surface area is 128 Å². The normalized spacial score (nSPS) is 22.5. The van der Waals surface area contributed by atoms with E-state index in [2.05, 4.69) is 62.5 Å². The molecule has 2 aliphatic rings. The van der Waals surface area contributed by atoms with E-state index >= 15 is 0 Å². The Bertz CT molecular complexity index is 380. The summed E-state index contributed by atoms with van der Waals surface area (Å²) in [5.41, 5.74) is 0. The zero-order valence-corrected chi connectivity index (χ0v) is 16.8. The van der Waals surface area contributed by atoms with Gasteiger partial charge >= 0.3 is 129 Å². The summed E-state index contributed by atoms with van der Waals surface area (Å²) in [6.07, 6.45) is 22.0. The molecule has 2 rings (SSSR count). The van der Waals surface area contributed by atoms with Crippen LogP contribution in [0.25, 0.3) is 0 Å². The van der Waals surface area contributed by atoms with Crippen molar-refractivity contribution in [3.05, 3.63) is 48.6 Å². The van der Waals surface area contributed by atoms with Gasteiger partial charge in [0, 0.05) is 0 Å². The van der Waals surface area contributed by atoms with Crippen molar-refractivity contribution in [2.75, 3.05) is 0 Å². The first kappa shape index (κ1) is 15.8. The molecule has 0 heterocycles. The van der Waals surface area contributed by atoms with E-state index in [1.165, 1.54) is 0 Å². The van der Waals surface area contributed by atoms with E-state index in [0.29, 0.717) is 0 Å². The van der Waals surface area contributed by atoms with E-state index < -0.39 is 17.6 Å². The van der Waals surface area contributed by atoms with Gasteiger partial charge in [-0.1, -0.05) is 0 Å². The summed E-state index contributed by atoms with van der Waals surface area (Å²) in [4.78, 5) is 0. The molecule has 0 spiro atoms. The summed E-state index contributed by atoms with van der Waals surface area (Å²) < 4.78 is -0.0852. The van der Waals surface area contributed by atoms with Crippen LogP contribution in [0.1, 0.15) is 39.5 Å². The second kappa shape index (κ2) is 6.03. The second-order valence-corrected chi connectivity index (χ2v) is 27.3. The van der Waals surface area contributed by atoms with Crippen LogP contribution in [0.4, 0.5) is 0 Å². The van der Waals surface area contributed by atoms with Crippen LogP contribution in [0.15, 0.2) is 48.6 Å². The predicted octanol–water partition coefficient (Wildman–Crippen LogP) is 6.62. The van der Waals surface area contributed by atoms with Crippen molar-refractivity contribution in [1.82, 2.24) is 0 Å². The standard InChI is InChI=1S/2C8H11.2ClH.Hf/c2*1-2-5-8-6-3-4-7-8;;;/h2*3-4,6-7H,2,5H2,1H3;2*1H;/q;;;;+2/p-2. The van der Waals surface area contributed by atoms with E-state index in [0.717, 1.165) is 25.7 Å². The van der Waals surface area contributed by atoms with Crippen LogP contribution in [0.3, 0.4) is 0 Å². The molecule has 0 aromatic rings. The quantitative estimate of drug-likeness (QED) is 0.388. The van der Waals surface area contributed by atoms with Gasteiger partial charge in [-0.3, -0.25) is 0 Å². The number of halogens is 2. The molecule has 0 fully saturated rings. The van der Waals surface area contributed by atoms with Gasteiger partial charge in [0.15, 0.2) is 0 Å². The topological polar surface area (TPSA) is 0 Å². The molecule has 0 aromatic heterocycles. The van der Waals surface area contributed by atoms with Crippen LogP contribution in [-0.2, 0) is 17.6 Å². The van der Waals surface area contributed by atoms with Crippen molar-refractivity contribution in [3.8, 4) is 0 Å². The zero-order valence-electron chi connectivity index (χ0n) is 11.7. The van der Waals surface area contributed by atoms with Gasteiger partial charge in [-0.25, -0.2) is 0 Å². The molecule has 3 heteroatoms. The first-order valence-corrected chi connectivity index (χ1v) is 19.7. The molecule has 0 aromatic carbocycles. The van der Waals surface area contributed by atoms with Gasteiger partial charge < -0.3 is 0 Å². The van der Waals surface area contributed by atoms with Crippen molar-refractivity contribution in [2.24, 2.45) is 0 Å². The number of hydrogen-bond donors (Lipinski definition) is 0. The van der Waals surface area contributed by atoms with Gasteiger partial charge in [-0.05, 0) is 0 Å². The summed E-state index contributed by atoms with van der Waals surface area (Å²) in [6, 6.07) is 0. The summed E-state index contributed by atoms with van der Waals surface area (Å²) >= 11 is -3.62. The van der Waals surface area contributed by atoms with Gasteiger partial charge in [0.1, 0.15) is 0 Å². The molecule has 0 radical (unpaired) electrons. The molecule has 2 aliphatic carbocycles. The van der Waals surface area contributed by atoms with Crippen molar-refractivity contribution in [2.45, 2.75) is 45.9 Å².